The van der Waals surface area contributed by atoms with Gasteiger partial charge in [-0.3, -0.25) is 34.2 Å². The largest absolute Gasteiger partial charge is 0.480 e. The number of carboxylic acid groups (broad SMARTS) is 1. The Morgan fingerprint density at radius 1 is 1.05 bits per heavy atom. The third-order valence-corrected chi connectivity index (χ3v) is 6.10. The van der Waals surface area contributed by atoms with Gasteiger partial charge in [-0.1, -0.05) is 41.9 Å². The van der Waals surface area contributed by atoms with E-state index in [0.717, 1.165) is 22.3 Å². The van der Waals surface area contributed by atoms with Gasteiger partial charge < -0.3 is 26.0 Å². The SMILES string of the molecule is CC(C(=O)NN(CC(=O)O)C(=O)/C=C/C(=O)NCc1ccccc1)n1cccc(NC(=O)c2ccc(N)c(Cl)c2)c1=O. The van der Waals surface area contributed by atoms with Gasteiger partial charge in [0.05, 0.1) is 10.7 Å². The third-order valence-electron chi connectivity index (χ3n) is 5.77. The first-order valence-corrected chi connectivity index (χ1v) is 12.7. The Morgan fingerprint density at radius 3 is 2.43 bits per heavy atom. The predicted molar refractivity (Wildman–Crippen MR) is 154 cm³/mol. The summed E-state index contributed by atoms with van der Waals surface area (Å²) in [5, 5.41) is 14.9. The number of benzene rings is 2. The van der Waals surface area contributed by atoms with Crippen molar-refractivity contribution in [1.29, 1.82) is 0 Å². The van der Waals surface area contributed by atoms with E-state index in [4.69, 9.17) is 17.3 Å². The van der Waals surface area contributed by atoms with Crippen molar-refractivity contribution in [3.8, 4) is 0 Å². The van der Waals surface area contributed by atoms with Gasteiger partial charge in [0, 0.05) is 30.5 Å². The van der Waals surface area contributed by atoms with Gasteiger partial charge in [0.25, 0.3) is 23.3 Å². The number of aliphatic carboxylic acids is 1. The number of anilines is 2. The fourth-order valence-electron chi connectivity index (χ4n) is 3.51. The molecule has 0 fully saturated rings. The van der Waals surface area contributed by atoms with Crippen molar-refractivity contribution in [3.63, 3.8) is 0 Å². The molecule has 42 heavy (non-hydrogen) atoms. The summed E-state index contributed by atoms with van der Waals surface area (Å²) >= 11 is 5.96. The highest BCUT2D eigenvalue weighted by atomic mass is 35.5. The second kappa shape index (κ2) is 14.3. The maximum Gasteiger partial charge on any atom is 0.325 e. The number of nitrogens with one attached hydrogen (secondary N) is 3. The minimum atomic E-state index is -1.44. The first-order chi connectivity index (χ1) is 20.0. The number of hydrogen-bond donors (Lipinski definition) is 5. The van der Waals surface area contributed by atoms with Crippen LogP contribution in [-0.2, 0) is 25.7 Å². The summed E-state index contributed by atoms with van der Waals surface area (Å²) in [7, 11) is 0. The van der Waals surface area contributed by atoms with Crippen molar-refractivity contribution in [2.24, 2.45) is 0 Å². The van der Waals surface area contributed by atoms with Gasteiger partial charge in [-0.2, -0.15) is 0 Å². The Labute approximate surface area is 244 Å². The molecule has 0 radical (unpaired) electrons. The number of carboxylic acids is 1. The van der Waals surface area contributed by atoms with Crippen LogP contribution in [0.1, 0.15) is 28.9 Å². The number of aromatic nitrogens is 1. The Hall–Kier alpha value is -5.43. The molecule has 0 bridgehead atoms. The number of nitrogens with zero attached hydrogens (tertiary/aromatic N) is 2. The fourth-order valence-corrected chi connectivity index (χ4v) is 3.70. The molecule has 13 nitrogen and oxygen atoms in total. The minimum Gasteiger partial charge on any atom is -0.480 e. The second-order valence-electron chi connectivity index (χ2n) is 8.83. The zero-order chi connectivity index (χ0) is 30.8. The topological polar surface area (TPSA) is 193 Å². The number of nitrogen functional groups attached to an aromatic ring is 1. The highest BCUT2D eigenvalue weighted by molar-refractivity contribution is 6.33. The van der Waals surface area contributed by atoms with Crippen LogP contribution in [0.3, 0.4) is 0 Å². The number of rotatable bonds is 10. The van der Waals surface area contributed by atoms with E-state index in [1.54, 1.807) is 24.3 Å². The molecule has 0 aliphatic carbocycles. The van der Waals surface area contributed by atoms with Crippen LogP contribution in [0.15, 0.2) is 83.8 Å². The van der Waals surface area contributed by atoms with Crippen molar-refractivity contribution in [3.05, 3.63) is 106 Å². The fraction of sp³-hybridized carbons (Fsp3) is 0.143. The number of hydrogen-bond acceptors (Lipinski definition) is 7. The monoisotopic (exact) mass is 594 g/mol. The smallest absolute Gasteiger partial charge is 0.325 e. The van der Waals surface area contributed by atoms with Crippen LogP contribution < -0.4 is 27.4 Å². The minimum absolute atomic E-state index is 0.138. The van der Waals surface area contributed by atoms with Crippen LogP contribution in [-0.4, -0.2) is 50.8 Å². The van der Waals surface area contributed by atoms with E-state index in [2.05, 4.69) is 16.1 Å². The van der Waals surface area contributed by atoms with E-state index in [-0.39, 0.29) is 28.5 Å². The normalized spacial score (nSPS) is 11.4. The van der Waals surface area contributed by atoms with E-state index in [0.29, 0.717) is 5.01 Å². The average molecular weight is 595 g/mol. The summed E-state index contributed by atoms with van der Waals surface area (Å²) in [5.74, 6) is -4.62. The maximum atomic E-state index is 13.0. The third kappa shape index (κ3) is 8.53. The van der Waals surface area contributed by atoms with Gasteiger partial charge in [0.2, 0.25) is 5.91 Å². The number of hydrazine groups is 1. The lowest BCUT2D eigenvalue weighted by molar-refractivity contribution is -0.148. The summed E-state index contributed by atoms with van der Waals surface area (Å²) in [6, 6.07) is 14.7. The molecule has 1 atom stereocenters. The van der Waals surface area contributed by atoms with Gasteiger partial charge in [0.1, 0.15) is 18.3 Å². The average Bonchev–Trinajstić information content (AvgIpc) is 2.96. The van der Waals surface area contributed by atoms with Crippen molar-refractivity contribution in [1.82, 2.24) is 20.3 Å². The van der Waals surface area contributed by atoms with Crippen LogP contribution in [0.4, 0.5) is 11.4 Å². The highest BCUT2D eigenvalue weighted by Crippen LogP contribution is 2.20. The van der Waals surface area contributed by atoms with Crippen LogP contribution in [0.5, 0.6) is 0 Å². The molecule has 14 heteroatoms. The molecule has 0 aliphatic rings. The number of halogens is 1. The molecule has 0 saturated heterocycles. The summed E-state index contributed by atoms with van der Waals surface area (Å²) in [5.41, 5.74) is 8.15. The standard InChI is InChI=1S/C28H27ClN6O7/c1-17(34-13-5-8-22(28(34)42)32-27(41)19-9-10-21(30)20(29)14-19)26(40)33-35(16-25(38)39)24(37)12-11-23(36)31-15-18-6-3-2-4-7-18/h2-14,17H,15-16,30H2,1H3,(H,31,36)(H,32,41)(H,33,40)(H,38,39)/b12-11+. The molecular formula is C28H27ClN6O7. The summed E-state index contributed by atoms with van der Waals surface area (Å²) < 4.78 is 0.983. The van der Waals surface area contributed by atoms with Gasteiger partial charge in [0.15, 0.2) is 0 Å². The van der Waals surface area contributed by atoms with E-state index in [1.165, 1.54) is 43.5 Å². The lowest BCUT2D eigenvalue weighted by Gasteiger charge is -2.23. The van der Waals surface area contributed by atoms with Crippen molar-refractivity contribution >= 4 is 52.6 Å². The van der Waals surface area contributed by atoms with Gasteiger partial charge in [-0.25, -0.2) is 5.01 Å². The molecule has 1 aromatic heterocycles. The van der Waals surface area contributed by atoms with Gasteiger partial charge in [-0.05, 0) is 42.8 Å². The molecule has 218 valence electrons. The summed E-state index contributed by atoms with van der Waals surface area (Å²) in [4.78, 5) is 74.6. The van der Waals surface area contributed by atoms with Crippen molar-refractivity contribution < 1.29 is 29.1 Å². The number of pyridine rings is 1. The Bertz CT molecular complexity index is 1590. The van der Waals surface area contributed by atoms with E-state index >= 15 is 0 Å². The zero-order valence-corrected chi connectivity index (χ0v) is 23.0. The lowest BCUT2D eigenvalue weighted by Crippen LogP contribution is -2.50. The van der Waals surface area contributed by atoms with Gasteiger partial charge >= 0.3 is 5.97 Å². The first-order valence-electron chi connectivity index (χ1n) is 12.4. The van der Waals surface area contributed by atoms with Gasteiger partial charge in [-0.15, -0.1) is 0 Å². The predicted octanol–water partition coefficient (Wildman–Crippen LogP) is 1.71. The molecule has 0 saturated carbocycles. The molecule has 1 unspecified atom stereocenters. The van der Waals surface area contributed by atoms with E-state index in [1.807, 2.05) is 6.07 Å². The van der Waals surface area contributed by atoms with Crippen LogP contribution >= 0.6 is 11.6 Å². The summed E-state index contributed by atoms with van der Waals surface area (Å²) in [6.07, 6.45) is 2.99. The molecule has 3 rings (SSSR count). The highest BCUT2D eigenvalue weighted by Gasteiger charge is 2.23. The maximum absolute atomic E-state index is 13.0. The Morgan fingerprint density at radius 2 is 1.76 bits per heavy atom. The molecule has 6 N–H and O–H groups in total. The second-order valence-corrected chi connectivity index (χ2v) is 9.24. The first kappa shape index (κ1) is 31.1. The number of nitrogens with two attached hydrogens (primary N) is 1. The van der Waals surface area contributed by atoms with Crippen molar-refractivity contribution in [2.45, 2.75) is 19.5 Å². The zero-order valence-electron chi connectivity index (χ0n) is 22.2. The van der Waals surface area contributed by atoms with E-state index in [9.17, 15) is 33.9 Å². The van der Waals surface area contributed by atoms with E-state index < -0.39 is 47.7 Å². The van der Waals surface area contributed by atoms with Crippen LogP contribution in [0, 0.1) is 0 Å². The molecule has 4 amide bonds. The Kier molecular flexibility index (Phi) is 10.6. The van der Waals surface area contributed by atoms with Crippen LogP contribution in [0.2, 0.25) is 5.02 Å². The molecule has 0 aliphatic heterocycles. The molecule has 1 heterocycles. The number of carbonyl (C=O) groups is 5. The lowest BCUT2D eigenvalue weighted by atomic mass is 10.2. The number of amides is 4. The number of carbonyl (C=O) groups excluding carboxylic acids is 4. The molecule has 0 spiro atoms. The summed E-state index contributed by atoms with van der Waals surface area (Å²) in [6.45, 7) is 0.605. The molecule has 3 aromatic rings. The molecule has 2 aromatic carbocycles. The quantitative estimate of drug-likeness (QED) is 0.133. The van der Waals surface area contributed by atoms with Crippen LogP contribution in [0.25, 0.3) is 0 Å². The molecular weight excluding hydrogens is 568 g/mol. The van der Waals surface area contributed by atoms with Crippen molar-refractivity contribution in [2.75, 3.05) is 17.6 Å². The Balaban J connectivity index is 1.68.